The summed E-state index contributed by atoms with van der Waals surface area (Å²) >= 11 is 3.48. The molecule has 1 rings (SSSR count). The van der Waals surface area contributed by atoms with Gasteiger partial charge in [-0.3, -0.25) is 0 Å². The smallest absolute Gasteiger partial charge is 0.410 e. The Bertz CT molecular complexity index is 283. The monoisotopic (exact) mass is 321 g/mol. The van der Waals surface area contributed by atoms with Crippen LogP contribution >= 0.6 is 15.9 Å². The summed E-state index contributed by atoms with van der Waals surface area (Å²) in [6.45, 7) is 9.18. The van der Waals surface area contributed by atoms with Gasteiger partial charge in [-0.25, -0.2) is 4.79 Å². The maximum Gasteiger partial charge on any atom is 0.410 e. The minimum Gasteiger partial charge on any atom is -0.444 e. The highest BCUT2D eigenvalue weighted by Gasteiger charge is 2.45. The van der Waals surface area contributed by atoms with Crippen LogP contribution in [-0.2, 0) is 4.74 Å². The predicted octanol–water partition coefficient (Wildman–Crippen LogP) is 2.64. The van der Waals surface area contributed by atoms with E-state index in [4.69, 9.17) is 4.74 Å². The van der Waals surface area contributed by atoms with Crippen LogP contribution in [0.2, 0.25) is 0 Å². The molecule has 0 aromatic carbocycles. The molecule has 0 spiro atoms. The van der Waals surface area contributed by atoms with Crippen molar-refractivity contribution in [2.24, 2.45) is 11.3 Å². The van der Waals surface area contributed by atoms with Crippen molar-refractivity contribution in [3.8, 4) is 0 Å². The number of nitrogens with zero attached hydrogens (tertiary/aromatic N) is 1. The zero-order chi connectivity index (χ0) is 14.0. The fraction of sp³-hybridized carbons (Fsp3) is 0.923. The molecule has 18 heavy (non-hydrogen) atoms. The Morgan fingerprint density at radius 3 is 2.33 bits per heavy atom. The largest absolute Gasteiger partial charge is 0.444 e. The summed E-state index contributed by atoms with van der Waals surface area (Å²) in [4.78, 5) is 13.5. The van der Waals surface area contributed by atoms with Crippen molar-refractivity contribution in [1.82, 2.24) is 4.90 Å². The van der Waals surface area contributed by atoms with Gasteiger partial charge in [0.15, 0.2) is 0 Å². The van der Waals surface area contributed by atoms with E-state index in [1.165, 1.54) is 0 Å². The second kappa shape index (κ2) is 5.78. The van der Waals surface area contributed by atoms with Gasteiger partial charge in [0.1, 0.15) is 5.60 Å². The number of hydrogen-bond donors (Lipinski definition) is 1. The van der Waals surface area contributed by atoms with Crippen molar-refractivity contribution >= 4 is 22.0 Å². The number of aliphatic hydroxyl groups excluding tert-OH is 1. The molecule has 4 nitrogen and oxygen atoms in total. The van der Waals surface area contributed by atoms with Gasteiger partial charge in [0.05, 0.1) is 0 Å². The SMILES string of the molecule is CCC(CO)(CBr)C1CN(C(=O)OC(C)(C)C)C1. The molecule has 0 bridgehead atoms. The number of rotatable bonds is 4. The van der Waals surface area contributed by atoms with E-state index in [1.807, 2.05) is 20.8 Å². The van der Waals surface area contributed by atoms with Gasteiger partial charge in [-0.1, -0.05) is 22.9 Å². The molecule has 1 saturated heterocycles. The topological polar surface area (TPSA) is 49.8 Å². The van der Waals surface area contributed by atoms with Crippen LogP contribution in [0, 0.1) is 11.3 Å². The van der Waals surface area contributed by atoms with Crippen LogP contribution in [0.1, 0.15) is 34.1 Å². The molecule has 1 heterocycles. The molecule has 0 aliphatic carbocycles. The fourth-order valence-electron chi connectivity index (χ4n) is 2.12. The summed E-state index contributed by atoms with van der Waals surface area (Å²) in [6.07, 6.45) is 0.651. The molecule has 5 heteroatoms. The Morgan fingerprint density at radius 1 is 1.44 bits per heavy atom. The highest BCUT2D eigenvalue weighted by atomic mass is 79.9. The Morgan fingerprint density at radius 2 is 2.00 bits per heavy atom. The molecule has 1 unspecified atom stereocenters. The van der Waals surface area contributed by atoms with E-state index in [9.17, 15) is 9.90 Å². The van der Waals surface area contributed by atoms with Crippen molar-refractivity contribution in [3.63, 3.8) is 0 Å². The van der Waals surface area contributed by atoms with Crippen LogP contribution in [0.15, 0.2) is 0 Å². The van der Waals surface area contributed by atoms with Gasteiger partial charge in [-0.05, 0) is 27.2 Å². The molecule has 1 aliphatic heterocycles. The van der Waals surface area contributed by atoms with Gasteiger partial charge >= 0.3 is 6.09 Å². The number of carbonyl (C=O) groups is 1. The van der Waals surface area contributed by atoms with Gasteiger partial charge in [0, 0.05) is 36.4 Å². The van der Waals surface area contributed by atoms with Crippen LogP contribution in [0.3, 0.4) is 0 Å². The molecular weight excluding hydrogens is 298 g/mol. The number of aliphatic hydroxyl groups is 1. The summed E-state index contributed by atoms with van der Waals surface area (Å²) in [5, 5.41) is 10.3. The molecular formula is C13H24BrNO3. The van der Waals surface area contributed by atoms with E-state index >= 15 is 0 Å². The van der Waals surface area contributed by atoms with Gasteiger partial charge in [0.25, 0.3) is 0 Å². The van der Waals surface area contributed by atoms with Crippen molar-refractivity contribution in [2.75, 3.05) is 25.0 Å². The average Bonchev–Trinajstić information content (AvgIpc) is 2.20. The molecule has 0 aromatic heterocycles. The molecule has 0 radical (unpaired) electrons. The molecule has 106 valence electrons. The quantitative estimate of drug-likeness (QED) is 0.810. The van der Waals surface area contributed by atoms with Crippen molar-refractivity contribution in [2.45, 2.75) is 39.7 Å². The lowest BCUT2D eigenvalue weighted by Crippen LogP contribution is -2.58. The summed E-state index contributed by atoms with van der Waals surface area (Å²) < 4.78 is 5.32. The predicted molar refractivity (Wildman–Crippen MR) is 74.9 cm³/mol. The minimum atomic E-state index is -0.448. The minimum absolute atomic E-state index is 0.113. The first-order valence-electron chi connectivity index (χ1n) is 6.42. The number of amides is 1. The van der Waals surface area contributed by atoms with Gasteiger partial charge < -0.3 is 14.7 Å². The van der Waals surface area contributed by atoms with E-state index in [1.54, 1.807) is 4.90 Å². The Balaban J connectivity index is 2.51. The van der Waals surface area contributed by atoms with Gasteiger partial charge in [-0.2, -0.15) is 0 Å². The number of carbonyl (C=O) groups excluding carboxylic acids is 1. The molecule has 1 N–H and O–H groups in total. The van der Waals surface area contributed by atoms with E-state index in [2.05, 4.69) is 22.9 Å². The Hall–Kier alpha value is -0.290. The second-order valence-electron chi connectivity index (χ2n) is 6.09. The highest BCUT2D eigenvalue weighted by Crippen LogP contribution is 2.39. The van der Waals surface area contributed by atoms with Crippen LogP contribution in [0.4, 0.5) is 4.79 Å². The van der Waals surface area contributed by atoms with Gasteiger partial charge in [0.2, 0.25) is 0 Å². The summed E-state index contributed by atoms with van der Waals surface area (Å²) in [5.74, 6) is 0.347. The standard InChI is InChI=1S/C13H24BrNO3/c1-5-13(8-14,9-16)10-6-15(7-10)11(17)18-12(2,3)4/h10,16H,5-9H2,1-4H3. The molecule has 0 saturated carbocycles. The number of hydrogen-bond acceptors (Lipinski definition) is 3. The van der Waals surface area contributed by atoms with Crippen molar-refractivity contribution in [1.29, 1.82) is 0 Å². The van der Waals surface area contributed by atoms with Crippen LogP contribution < -0.4 is 0 Å². The number of likely N-dealkylation sites (tertiary alicyclic amines) is 1. The number of halogens is 1. The number of ether oxygens (including phenoxy) is 1. The Labute approximate surface area is 118 Å². The van der Waals surface area contributed by atoms with Crippen molar-refractivity contribution in [3.05, 3.63) is 0 Å². The maximum absolute atomic E-state index is 11.8. The third kappa shape index (κ3) is 3.38. The molecule has 1 aliphatic rings. The van der Waals surface area contributed by atoms with Crippen LogP contribution in [0.5, 0.6) is 0 Å². The van der Waals surface area contributed by atoms with E-state index in [0.717, 1.165) is 11.8 Å². The lowest BCUT2D eigenvalue weighted by molar-refractivity contribution is -0.0426. The molecule has 1 atom stereocenters. The molecule has 1 amide bonds. The lowest BCUT2D eigenvalue weighted by atomic mass is 9.71. The summed E-state index contributed by atoms with van der Waals surface area (Å²) in [6, 6.07) is 0. The second-order valence-corrected chi connectivity index (χ2v) is 6.65. The van der Waals surface area contributed by atoms with E-state index in [-0.39, 0.29) is 18.1 Å². The van der Waals surface area contributed by atoms with Gasteiger partial charge in [-0.15, -0.1) is 0 Å². The number of alkyl halides is 1. The lowest BCUT2D eigenvalue weighted by Gasteiger charge is -2.49. The maximum atomic E-state index is 11.8. The molecule has 1 fully saturated rings. The Kier molecular flexibility index (Phi) is 5.06. The zero-order valence-electron chi connectivity index (χ0n) is 11.7. The van der Waals surface area contributed by atoms with E-state index in [0.29, 0.717) is 19.0 Å². The average molecular weight is 322 g/mol. The summed E-state index contributed by atoms with van der Waals surface area (Å²) in [5.41, 5.74) is -0.561. The molecule has 0 aromatic rings. The van der Waals surface area contributed by atoms with Crippen LogP contribution in [-0.4, -0.2) is 46.7 Å². The third-order valence-corrected chi connectivity index (χ3v) is 4.80. The summed E-state index contributed by atoms with van der Waals surface area (Å²) in [7, 11) is 0. The first-order valence-corrected chi connectivity index (χ1v) is 7.55. The zero-order valence-corrected chi connectivity index (χ0v) is 13.3. The van der Waals surface area contributed by atoms with E-state index < -0.39 is 5.60 Å². The first kappa shape index (κ1) is 15.8. The van der Waals surface area contributed by atoms with Crippen LogP contribution in [0.25, 0.3) is 0 Å². The normalized spacial score (nSPS) is 20.2. The van der Waals surface area contributed by atoms with Crippen molar-refractivity contribution < 1.29 is 14.6 Å². The highest BCUT2D eigenvalue weighted by molar-refractivity contribution is 9.09. The third-order valence-electron chi connectivity index (χ3n) is 3.68. The first-order chi connectivity index (χ1) is 8.28. The fourth-order valence-corrected chi connectivity index (χ4v) is 3.15.